The van der Waals surface area contributed by atoms with Gasteiger partial charge in [-0.1, -0.05) is 11.6 Å². The number of rotatable bonds is 8. The van der Waals surface area contributed by atoms with Crippen molar-refractivity contribution in [2.24, 2.45) is 0 Å². The second-order valence-corrected chi connectivity index (χ2v) is 9.10. The van der Waals surface area contributed by atoms with Crippen molar-refractivity contribution < 1.29 is 22.6 Å². The van der Waals surface area contributed by atoms with Crippen LogP contribution in [0.1, 0.15) is 11.1 Å². The summed E-state index contributed by atoms with van der Waals surface area (Å²) in [7, 11) is 0.786. The smallest absolute Gasteiger partial charge is 0.264 e. The van der Waals surface area contributed by atoms with E-state index in [0.29, 0.717) is 28.0 Å². The molecule has 0 saturated heterocycles. The lowest BCUT2D eigenvalue weighted by Gasteiger charge is -2.26. The number of methoxy groups -OCH3 is 3. The average molecular weight is 462 g/mol. The van der Waals surface area contributed by atoms with Crippen LogP contribution in [-0.2, 0) is 16.6 Å². The van der Waals surface area contributed by atoms with E-state index >= 15 is 0 Å². The molecule has 3 aromatic rings. The van der Waals surface area contributed by atoms with Gasteiger partial charge in [-0.25, -0.2) is 8.42 Å². The molecule has 0 aliphatic carbocycles. The topological polar surface area (TPSA) is 65.1 Å². The molecule has 0 heterocycles. The number of hydrogen-bond donors (Lipinski definition) is 0. The van der Waals surface area contributed by atoms with Crippen molar-refractivity contribution in [3.63, 3.8) is 0 Å². The first kappa shape index (κ1) is 22.8. The predicted octanol–water partition coefficient (Wildman–Crippen LogP) is 5.07. The highest BCUT2D eigenvalue weighted by molar-refractivity contribution is 7.92. The van der Waals surface area contributed by atoms with Crippen LogP contribution < -0.4 is 18.5 Å². The Kier molecular flexibility index (Phi) is 6.97. The summed E-state index contributed by atoms with van der Waals surface area (Å²) in [4.78, 5) is 0.144. The molecular formula is C23H24ClNO5S. The Labute approximate surface area is 188 Å². The number of nitrogens with zero attached hydrogens (tertiary/aromatic N) is 1. The third-order valence-corrected chi connectivity index (χ3v) is 6.96. The van der Waals surface area contributed by atoms with E-state index in [2.05, 4.69) is 0 Å². The van der Waals surface area contributed by atoms with Crippen molar-refractivity contribution in [1.82, 2.24) is 0 Å². The van der Waals surface area contributed by atoms with Gasteiger partial charge in [-0.3, -0.25) is 4.31 Å². The fourth-order valence-electron chi connectivity index (χ4n) is 3.15. The zero-order valence-corrected chi connectivity index (χ0v) is 19.3. The second kappa shape index (κ2) is 9.49. The predicted molar refractivity (Wildman–Crippen MR) is 122 cm³/mol. The molecule has 0 bridgehead atoms. The number of ether oxygens (including phenoxy) is 3. The summed E-state index contributed by atoms with van der Waals surface area (Å²) in [6.45, 7) is 2.00. The summed E-state index contributed by atoms with van der Waals surface area (Å²) in [6, 6.07) is 16.6. The average Bonchev–Trinajstić information content (AvgIpc) is 2.78. The quantitative estimate of drug-likeness (QED) is 0.468. The highest BCUT2D eigenvalue weighted by Crippen LogP contribution is 2.34. The van der Waals surface area contributed by atoms with E-state index in [0.717, 1.165) is 11.1 Å². The molecule has 164 valence electrons. The van der Waals surface area contributed by atoms with Gasteiger partial charge < -0.3 is 14.2 Å². The Morgan fingerprint density at radius 3 is 1.97 bits per heavy atom. The molecule has 0 saturated carbocycles. The molecule has 0 radical (unpaired) electrons. The Balaban J connectivity index is 2.11. The fraction of sp³-hybridized carbons (Fsp3) is 0.217. The van der Waals surface area contributed by atoms with E-state index in [1.165, 1.54) is 16.4 Å². The van der Waals surface area contributed by atoms with Crippen LogP contribution >= 0.6 is 11.6 Å². The van der Waals surface area contributed by atoms with E-state index in [1.807, 2.05) is 13.0 Å². The molecule has 0 aliphatic heterocycles. The molecule has 31 heavy (non-hydrogen) atoms. The zero-order chi connectivity index (χ0) is 22.6. The zero-order valence-electron chi connectivity index (χ0n) is 17.8. The third-order valence-electron chi connectivity index (χ3n) is 4.92. The van der Waals surface area contributed by atoms with Gasteiger partial charge in [0.25, 0.3) is 10.0 Å². The van der Waals surface area contributed by atoms with E-state index in [4.69, 9.17) is 25.8 Å². The molecule has 0 amide bonds. The maximum Gasteiger partial charge on any atom is 0.264 e. The molecule has 0 N–H and O–H groups in total. The lowest BCUT2D eigenvalue weighted by atomic mass is 10.1. The molecule has 8 heteroatoms. The van der Waals surface area contributed by atoms with Crippen molar-refractivity contribution in [2.45, 2.75) is 18.4 Å². The van der Waals surface area contributed by atoms with Gasteiger partial charge in [0.1, 0.15) is 5.75 Å². The minimum Gasteiger partial charge on any atom is -0.497 e. The Morgan fingerprint density at radius 2 is 1.42 bits per heavy atom. The van der Waals surface area contributed by atoms with Crippen molar-refractivity contribution >= 4 is 27.3 Å². The number of benzene rings is 3. The minimum atomic E-state index is -3.88. The van der Waals surface area contributed by atoms with Gasteiger partial charge in [0.2, 0.25) is 0 Å². The van der Waals surface area contributed by atoms with Gasteiger partial charge in [-0.2, -0.15) is 0 Å². The molecular weight excluding hydrogens is 438 g/mol. The number of sulfonamides is 1. The largest absolute Gasteiger partial charge is 0.497 e. The summed E-state index contributed by atoms with van der Waals surface area (Å²) in [5.74, 6) is 1.75. The van der Waals surface area contributed by atoms with Crippen LogP contribution in [0.25, 0.3) is 0 Å². The van der Waals surface area contributed by atoms with Gasteiger partial charge in [0.15, 0.2) is 11.5 Å². The molecule has 0 spiro atoms. The number of hydrogen-bond acceptors (Lipinski definition) is 5. The summed E-state index contributed by atoms with van der Waals surface area (Å²) >= 11 is 5.96. The molecule has 0 unspecified atom stereocenters. The van der Waals surface area contributed by atoms with Gasteiger partial charge in [-0.05, 0) is 78.7 Å². The maximum atomic E-state index is 13.6. The lowest BCUT2D eigenvalue weighted by Crippen LogP contribution is -2.31. The second-order valence-electron chi connectivity index (χ2n) is 6.80. The van der Waals surface area contributed by atoms with Crippen LogP contribution in [0.15, 0.2) is 65.6 Å². The first-order valence-corrected chi connectivity index (χ1v) is 11.3. The number of halogens is 1. The van der Waals surface area contributed by atoms with Gasteiger partial charge in [0.05, 0.1) is 38.5 Å². The minimum absolute atomic E-state index is 0.101. The summed E-state index contributed by atoms with van der Waals surface area (Å²) in [5, 5.41) is 0.464. The van der Waals surface area contributed by atoms with E-state index in [9.17, 15) is 8.42 Å². The first-order valence-electron chi connectivity index (χ1n) is 9.44. The van der Waals surface area contributed by atoms with Gasteiger partial charge >= 0.3 is 0 Å². The Morgan fingerprint density at radius 1 is 0.839 bits per heavy atom. The van der Waals surface area contributed by atoms with E-state index in [1.54, 1.807) is 63.8 Å². The molecule has 0 aliphatic rings. The molecule has 6 nitrogen and oxygen atoms in total. The van der Waals surface area contributed by atoms with Crippen LogP contribution in [0.2, 0.25) is 5.02 Å². The van der Waals surface area contributed by atoms with Gasteiger partial charge in [0, 0.05) is 5.02 Å². The molecule has 0 aromatic heterocycles. The van der Waals surface area contributed by atoms with E-state index < -0.39 is 10.0 Å². The number of anilines is 1. The lowest BCUT2D eigenvalue weighted by molar-refractivity contribution is 0.354. The molecule has 3 aromatic carbocycles. The van der Waals surface area contributed by atoms with Crippen LogP contribution in [-0.4, -0.2) is 29.7 Å². The maximum absolute atomic E-state index is 13.6. The summed E-state index contributed by atoms with van der Waals surface area (Å²) in [5.41, 5.74) is 2.17. The molecule has 3 rings (SSSR count). The highest BCUT2D eigenvalue weighted by Gasteiger charge is 2.26. The summed E-state index contributed by atoms with van der Waals surface area (Å²) < 4.78 is 44.5. The van der Waals surface area contributed by atoms with Crippen molar-refractivity contribution in [3.8, 4) is 17.2 Å². The van der Waals surface area contributed by atoms with Crippen LogP contribution in [0.4, 0.5) is 5.69 Å². The van der Waals surface area contributed by atoms with Crippen LogP contribution in [0, 0.1) is 6.92 Å². The van der Waals surface area contributed by atoms with Gasteiger partial charge in [-0.15, -0.1) is 0 Å². The first-order chi connectivity index (χ1) is 14.8. The third kappa shape index (κ3) is 4.89. The normalized spacial score (nSPS) is 11.1. The van der Waals surface area contributed by atoms with E-state index in [-0.39, 0.29) is 11.4 Å². The van der Waals surface area contributed by atoms with Crippen LogP contribution in [0.5, 0.6) is 17.2 Å². The van der Waals surface area contributed by atoms with Crippen molar-refractivity contribution in [3.05, 3.63) is 76.8 Å². The van der Waals surface area contributed by atoms with Crippen LogP contribution in [0.3, 0.4) is 0 Å². The highest BCUT2D eigenvalue weighted by atomic mass is 35.5. The SMILES string of the molecule is COc1ccc(N(Cc2cc(OC)c(OC)cc2C)S(=O)(=O)c2ccc(Cl)cc2)cc1. The number of aryl methyl sites for hydroxylation is 1. The fourth-order valence-corrected chi connectivity index (χ4v) is 4.71. The molecule has 0 atom stereocenters. The molecule has 0 fully saturated rings. The van der Waals surface area contributed by atoms with Crippen molar-refractivity contribution in [2.75, 3.05) is 25.6 Å². The monoisotopic (exact) mass is 461 g/mol. The standard InChI is InChI=1S/C23H24ClNO5S/c1-16-13-22(29-3)23(30-4)14-17(16)15-25(19-7-9-20(28-2)10-8-19)31(26,27)21-11-5-18(24)6-12-21/h5-14H,15H2,1-4H3. The van der Waals surface area contributed by atoms with Crippen molar-refractivity contribution in [1.29, 1.82) is 0 Å². The Bertz CT molecular complexity index is 1150. The Hall–Kier alpha value is -2.90. The summed E-state index contributed by atoms with van der Waals surface area (Å²) in [6.07, 6.45) is 0.